The molecule has 1 heterocycles. The molecule has 5 nitrogen and oxygen atoms in total. The van der Waals surface area contributed by atoms with Gasteiger partial charge in [-0.3, -0.25) is 9.59 Å². The largest absolute Gasteiger partial charge is 0.454 e. The van der Waals surface area contributed by atoms with E-state index in [1.807, 2.05) is 0 Å². The van der Waals surface area contributed by atoms with E-state index in [0.29, 0.717) is 10.9 Å². The van der Waals surface area contributed by atoms with Crippen LogP contribution in [-0.2, 0) is 16.0 Å². The van der Waals surface area contributed by atoms with Crippen molar-refractivity contribution in [2.45, 2.75) is 19.4 Å². The highest BCUT2D eigenvalue weighted by atomic mass is 35.5. The van der Waals surface area contributed by atoms with Crippen LogP contribution in [0.1, 0.15) is 24.4 Å². The van der Waals surface area contributed by atoms with Gasteiger partial charge in [-0.2, -0.15) is 0 Å². The number of aromatic nitrogens is 2. The molecule has 7 heteroatoms. The third-order valence-electron chi connectivity index (χ3n) is 3.71. The molecule has 0 aliphatic carbocycles. The molecule has 3 rings (SSSR count). The predicted octanol–water partition coefficient (Wildman–Crippen LogP) is 3.56. The lowest BCUT2D eigenvalue weighted by Gasteiger charge is -2.13. The maximum Gasteiger partial charge on any atom is 0.311 e. The number of H-pyrrole nitrogens is 1. The zero-order valence-electron chi connectivity index (χ0n) is 13.3. The lowest BCUT2D eigenvalue weighted by atomic mass is 10.1. The standard InChI is InChI=1S/C18H14ClFN2O3/c1-10(17-21-15-8-3-2-5-11(15)18(24)22-17)25-16(23)9-12-13(19)6-4-7-14(12)20/h2-8,10H,9H2,1H3,(H,21,22,24)/t10-/m0/s1. The predicted molar refractivity (Wildman–Crippen MR) is 92.0 cm³/mol. The first-order chi connectivity index (χ1) is 12.0. The Bertz CT molecular complexity index is 983. The molecular weight excluding hydrogens is 347 g/mol. The number of nitrogens with zero attached hydrogens (tertiary/aromatic N) is 1. The van der Waals surface area contributed by atoms with Crippen molar-refractivity contribution >= 4 is 28.5 Å². The summed E-state index contributed by atoms with van der Waals surface area (Å²) in [5.41, 5.74) is 0.253. The lowest BCUT2D eigenvalue weighted by molar-refractivity contribution is -0.148. The zero-order valence-corrected chi connectivity index (χ0v) is 14.0. The van der Waals surface area contributed by atoms with Crippen LogP contribution in [0.25, 0.3) is 10.9 Å². The van der Waals surface area contributed by atoms with Gasteiger partial charge in [0.05, 0.1) is 17.3 Å². The molecule has 0 unspecified atom stereocenters. The normalized spacial score (nSPS) is 12.1. The highest BCUT2D eigenvalue weighted by molar-refractivity contribution is 6.31. The molecule has 2 aromatic carbocycles. The van der Waals surface area contributed by atoms with Crippen LogP contribution in [0.2, 0.25) is 5.02 Å². The molecule has 1 aromatic heterocycles. The number of para-hydroxylation sites is 1. The molecule has 3 aromatic rings. The molecule has 0 aliphatic heterocycles. The minimum absolute atomic E-state index is 0.0707. The van der Waals surface area contributed by atoms with E-state index >= 15 is 0 Å². The molecule has 0 amide bonds. The number of halogens is 2. The van der Waals surface area contributed by atoms with Gasteiger partial charge >= 0.3 is 5.97 Å². The van der Waals surface area contributed by atoms with Crippen molar-refractivity contribution < 1.29 is 13.9 Å². The van der Waals surface area contributed by atoms with Gasteiger partial charge in [0, 0.05) is 10.6 Å². The van der Waals surface area contributed by atoms with Crippen LogP contribution in [0.3, 0.4) is 0 Å². The summed E-state index contributed by atoms with van der Waals surface area (Å²) in [6.07, 6.45) is -1.11. The minimum atomic E-state index is -0.796. The van der Waals surface area contributed by atoms with E-state index < -0.39 is 17.9 Å². The molecule has 1 N–H and O–H groups in total. The molecule has 0 spiro atoms. The van der Waals surface area contributed by atoms with Crippen LogP contribution in [0, 0.1) is 5.82 Å². The van der Waals surface area contributed by atoms with Gasteiger partial charge in [0.25, 0.3) is 5.56 Å². The zero-order chi connectivity index (χ0) is 18.0. The van der Waals surface area contributed by atoms with Crippen LogP contribution >= 0.6 is 11.6 Å². The fourth-order valence-corrected chi connectivity index (χ4v) is 2.67. The fourth-order valence-electron chi connectivity index (χ4n) is 2.44. The quantitative estimate of drug-likeness (QED) is 0.722. The molecule has 0 saturated heterocycles. The maximum absolute atomic E-state index is 13.7. The average Bonchev–Trinajstić information content (AvgIpc) is 2.58. The summed E-state index contributed by atoms with van der Waals surface area (Å²) in [7, 11) is 0. The topological polar surface area (TPSA) is 72.0 Å². The van der Waals surface area contributed by atoms with Gasteiger partial charge < -0.3 is 9.72 Å². The molecule has 0 radical (unpaired) electrons. The minimum Gasteiger partial charge on any atom is -0.454 e. The van der Waals surface area contributed by atoms with E-state index in [4.69, 9.17) is 16.3 Å². The van der Waals surface area contributed by atoms with E-state index in [2.05, 4.69) is 9.97 Å². The van der Waals surface area contributed by atoms with E-state index in [1.54, 1.807) is 31.2 Å². The van der Waals surface area contributed by atoms with E-state index in [1.165, 1.54) is 18.2 Å². The number of ether oxygens (including phenoxy) is 1. The van der Waals surface area contributed by atoms with Gasteiger partial charge in [0.15, 0.2) is 11.9 Å². The summed E-state index contributed by atoms with van der Waals surface area (Å²) >= 11 is 5.91. The Hall–Kier alpha value is -2.73. The van der Waals surface area contributed by atoms with Crippen molar-refractivity contribution in [3.63, 3.8) is 0 Å². The van der Waals surface area contributed by atoms with Crippen molar-refractivity contribution in [1.29, 1.82) is 0 Å². The Morgan fingerprint density at radius 2 is 2.04 bits per heavy atom. The summed E-state index contributed by atoms with van der Waals surface area (Å²) in [6, 6.07) is 11.0. The van der Waals surface area contributed by atoms with E-state index in [9.17, 15) is 14.0 Å². The number of carbonyl (C=O) groups is 1. The summed E-state index contributed by atoms with van der Waals surface area (Å²) in [5.74, 6) is -1.03. The second-order valence-corrected chi connectivity index (χ2v) is 5.88. The van der Waals surface area contributed by atoms with E-state index in [-0.39, 0.29) is 28.4 Å². The summed E-state index contributed by atoms with van der Waals surface area (Å²) in [5, 5.41) is 0.602. The van der Waals surface area contributed by atoms with Gasteiger partial charge in [-0.1, -0.05) is 29.8 Å². The SMILES string of the molecule is C[C@H](OC(=O)Cc1c(F)cccc1Cl)c1nc2ccccc2c(=O)[nH]1. The van der Waals surface area contributed by atoms with Crippen molar-refractivity contribution in [2.24, 2.45) is 0 Å². The fraction of sp³-hybridized carbons (Fsp3) is 0.167. The van der Waals surface area contributed by atoms with Gasteiger partial charge in [0.1, 0.15) is 5.82 Å². The number of benzene rings is 2. The van der Waals surface area contributed by atoms with Crippen molar-refractivity contribution in [3.05, 3.63) is 75.0 Å². The van der Waals surface area contributed by atoms with Crippen molar-refractivity contribution in [3.8, 4) is 0 Å². The second kappa shape index (κ2) is 7.03. The first-order valence-corrected chi connectivity index (χ1v) is 7.95. The summed E-state index contributed by atoms with van der Waals surface area (Å²) < 4.78 is 19.0. The first-order valence-electron chi connectivity index (χ1n) is 7.57. The number of carbonyl (C=O) groups excluding carboxylic acids is 1. The second-order valence-electron chi connectivity index (χ2n) is 5.48. The van der Waals surface area contributed by atoms with Crippen LogP contribution in [0.4, 0.5) is 4.39 Å². The van der Waals surface area contributed by atoms with Crippen molar-refractivity contribution in [1.82, 2.24) is 9.97 Å². The summed E-state index contributed by atoms with van der Waals surface area (Å²) in [4.78, 5) is 31.0. The number of nitrogens with one attached hydrogen (secondary N) is 1. The number of fused-ring (bicyclic) bond motifs is 1. The average molecular weight is 361 g/mol. The third-order valence-corrected chi connectivity index (χ3v) is 4.06. The highest BCUT2D eigenvalue weighted by Gasteiger charge is 2.18. The van der Waals surface area contributed by atoms with Crippen molar-refractivity contribution in [2.75, 3.05) is 0 Å². The Kier molecular flexibility index (Phi) is 4.81. The number of hydrogen-bond acceptors (Lipinski definition) is 4. The smallest absolute Gasteiger partial charge is 0.311 e. The Morgan fingerprint density at radius 1 is 1.28 bits per heavy atom. The molecule has 25 heavy (non-hydrogen) atoms. The number of rotatable bonds is 4. The molecule has 0 bridgehead atoms. The Balaban J connectivity index is 1.79. The number of esters is 1. The van der Waals surface area contributed by atoms with E-state index in [0.717, 1.165) is 0 Å². The molecule has 0 fully saturated rings. The highest BCUT2D eigenvalue weighted by Crippen LogP contribution is 2.21. The Labute approximate surface area is 147 Å². The molecule has 0 aliphatic rings. The first kappa shape index (κ1) is 17.1. The number of aromatic amines is 1. The van der Waals surface area contributed by atoms with Crippen LogP contribution in [-0.4, -0.2) is 15.9 Å². The summed E-state index contributed by atoms with van der Waals surface area (Å²) in [6.45, 7) is 1.58. The van der Waals surface area contributed by atoms with Crippen LogP contribution < -0.4 is 5.56 Å². The Morgan fingerprint density at radius 3 is 2.80 bits per heavy atom. The maximum atomic E-state index is 13.7. The van der Waals surface area contributed by atoms with Crippen LogP contribution in [0.15, 0.2) is 47.3 Å². The molecule has 128 valence electrons. The van der Waals surface area contributed by atoms with Gasteiger partial charge in [0.2, 0.25) is 0 Å². The van der Waals surface area contributed by atoms with Gasteiger partial charge in [-0.15, -0.1) is 0 Å². The lowest BCUT2D eigenvalue weighted by Crippen LogP contribution is -2.18. The monoisotopic (exact) mass is 360 g/mol. The number of hydrogen-bond donors (Lipinski definition) is 1. The molecule has 0 saturated carbocycles. The van der Waals surface area contributed by atoms with Gasteiger partial charge in [-0.25, -0.2) is 9.37 Å². The van der Waals surface area contributed by atoms with Crippen LogP contribution in [0.5, 0.6) is 0 Å². The molecular formula is C18H14ClFN2O3. The van der Waals surface area contributed by atoms with Gasteiger partial charge in [-0.05, 0) is 31.2 Å². The molecule has 1 atom stereocenters. The third kappa shape index (κ3) is 3.69.